The number of fused-ring (bicyclic) bond motifs is 1. The molecule has 3 fully saturated rings. The number of anilines is 1. The molecule has 1 saturated heterocycles. The zero-order valence-corrected chi connectivity index (χ0v) is 12.8. The Morgan fingerprint density at radius 1 is 1.33 bits per heavy atom. The Kier molecular flexibility index (Phi) is 3.59. The van der Waals surface area contributed by atoms with Crippen molar-refractivity contribution in [3.8, 4) is 0 Å². The fraction of sp³-hybridized carbons (Fsp3) is 0.706. The largest absolute Gasteiger partial charge is 0.374 e. The highest BCUT2D eigenvalue weighted by Crippen LogP contribution is 2.35. The number of nitrogens with one attached hydrogen (secondary N) is 1. The fourth-order valence-electron chi connectivity index (χ4n) is 3.74. The van der Waals surface area contributed by atoms with Gasteiger partial charge in [-0.2, -0.15) is 0 Å². The van der Waals surface area contributed by atoms with E-state index in [0.717, 1.165) is 31.4 Å². The Hall–Kier alpha value is -1.13. The molecule has 1 aliphatic heterocycles. The van der Waals surface area contributed by atoms with Gasteiger partial charge in [0.05, 0.1) is 18.8 Å². The zero-order valence-electron chi connectivity index (χ0n) is 12.8. The second kappa shape index (κ2) is 5.58. The molecule has 1 N–H and O–H groups in total. The van der Waals surface area contributed by atoms with E-state index in [9.17, 15) is 0 Å². The molecule has 2 saturated carbocycles. The van der Waals surface area contributed by atoms with E-state index in [2.05, 4.69) is 34.4 Å². The Morgan fingerprint density at radius 2 is 2.24 bits per heavy atom. The summed E-state index contributed by atoms with van der Waals surface area (Å²) in [5.74, 6) is 0. The van der Waals surface area contributed by atoms with Crippen LogP contribution in [0.4, 0.5) is 5.69 Å². The molecule has 1 aromatic rings. The Labute approximate surface area is 126 Å². The number of pyridine rings is 1. The van der Waals surface area contributed by atoms with Gasteiger partial charge in [0.25, 0.3) is 0 Å². The zero-order chi connectivity index (χ0) is 14.2. The highest BCUT2D eigenvalue weighted by atomic mass is 16.5. The van der Waals surface area contributed by atoms with Crippen LogP contribution in [0.25, 0.3) is 0 Å². The van der Waals surface area contributed by atoms with Crippen LogP contribution in [0.3, 0.4) is 0 Å². The maximum atomic E-state index is 5.96. The van der Waals surface area contributed by atoms with Crippen molar-refractivity contribution in [1.29, 1.82) is 0 Å². The molecule has 2 heterocycles. The van der Waals surface area contributed by atoms with E-state index in [1.807, 2.05) is 0 Å². The highest BCUT2D eigenvalue weighted by Gasteiger charge is 2.37. The average molecular weight is 287 g/mol. The number of hydrogen-bond acceptors (Lipinski definition) is 4. The Bertz CT molecular complexity index is 515. The third kappa shape index (κ3) is 2.79. The molecule has 2 unspecified atom stereocenters. The van der Waals surface area contributed by atoms with Crippen LogP contribution < -0.4 is 10.2 Å². The third-order valence-electron chi connectivity index (χ3n) is 5.05. The predicted molar refractivity (Wildman–Crippen MR) is 83.6 cm³/mol. The molecule has 0 spiro atoms. The molecule has 2 atom stereocenters. The van der Waals surface area contributed by atoms with Crippen molar-refractivity contribution < 1.29 is 4.74 Å². The van der Waals surface area contributed by atoms with Gasteiger partial charge in [-0.05, 0) is 45.1 Å². The van der Waals surface area contributed by atoms with Gasteiger partial charge in [0.1, 0.15) is 0 Å². The number of rotatable bonds is 4. The second-order valence-electron chi connectivity index (χ2n) is 6.71. The van der Waals surface area contributed by atoms with Gasteiger partial charge in [-0.25, -0.2) is 0 Å². The summed E-state index contributed by atoms with van der Waals surface area (Å²) in [4.78, 5) is 7.12. The van der Waals surface area contributed by atoms with Gasteiger partial charge >= 0.3 is 0 Å². The van der Waals surface area contributed by atoms with Gasteiger partial charge in [0.2, 0.25) is 0 Å². The average Bonchev–Trinajstić information content (AvgIpc) is 3.20. The number of aryl methyl sites for hydroxylation is 1. The number of ether oxygens (including phenoxy) is 1. The molecule has 4 heteroatoms. The monoisotopic (exact) mass is 287 g/mol. The maximum Gasteiger partial charge on any atom is 0.0779 e. The lowest BCUT2D eigenvalue weighted by molar-refractivity contribution is 0.0255. The standard InChI is InChI=1S/C17H25N3O/c1-12-9-16(13(10-18-12)11-19-14-5-6-14)20-7-8-21-17-4-2-3-15(17)20/h9-10,14-15,17,19H,2-8,11H2,1H3. The topological polar surface area (TPSA) is 37.4 Å². The van der Waals surface area contributed by atoms with Crippen molar-refractivity contribution in [2.24, 2.45) is 0 Å². The lowest BCUT2D eigenvalue weighted by atomic mass is 10.1. The van der Waals surface area contributed by atoms with Gasteiger partial charge in [-0.15, -0.1) is 0 Å². The minimum Gasteiger partial charge on any atom is -0.374 e. The van der Waals surface area contributed by atoms with Gasteiger partial charge in [-0.3, -0.25) is 4.98 Å². The minimum absolute atomic E-state index is 0.441. The van der Waals surface area contributed by atoms with Crippen molar-refractivity contribution in [1.82, 2.24) is 10.3 Å². The van der Waals surface area contributed by atoms with E-state index >= 15 is 0 Å². The van der Waals surface area contributed by atoms with E-state index < -0.39 is 0 Å². The number of nitrogens with zero attached hydrogens (tertiary/aromatic N) is 2. The van der Waals surface area contributed by atoms with E-state index in [1.165, 1.54) is 43.4 Å². The fourth-order valence-corrected chi connectivity index (χ4v) is 3.74. The van der Waals surface area contributed by atoms with Crippen LogP contribution in [0.15, 0.2) is 12.3 Å². The van der Waals surface area contributed by atoms with E-state index in [1.54, 1.807) is 0 Å². The highest BCUT2D eigenvalue weighted by molar-refractivity contribution is 5.55. The summed E-state index contributed by atoms with van der Waals surface area (Å²) in [6.07, 6.45) is 8.96. The van der Waals surface area contributed by atoms with Crippen molar-refractivity contribution in [3.05, 3.63) is 23.5 Å². The van der Waals surface area contributed by atoms with Crippen LogP contribution >= 0.6 is 0 Å². The van der Waals surface area contributed by atoms with Crippen molar-refractivity contribution in [2.45, 2.75) is 63.8 Å². The van der Waals surface area contributed by atoms with E-state index in [-0.39, 0.29) is 0 Å². The molecule has 3 aliphatic rings. The third-order valence-corrected chi connectivity index (χ3v) is 5.05. The molecule has 0 bridgehead atoms. The first-order valence-electron chi connectivity index (χ1n) is 8.38. The molecule has 0 radical (unpaired) electrons. The predicted octanol–water partition coefficient (Wildman–Crippen LogP) is 2.40. The van der Waals surface area contributed by atoms with Crippen LogP contribution in [-0.2, 0) is 11.3 Å². The first-order valence-corrected chi connectivity index (χ1v) is 8.38. The molecular weight excluding hydrogens is 262 g/mol. The van der Waals surface area contributed by atoms with Crippen LogP contribution in [0.1, 0.15) is 43.4 Å². The molecule has 0 amide bonds. The number of morpholine rings is 1. The first kappa shape index (κ1) is 13.5. The summed E-state index contributed by atoms with van der Waals surface area (Å²) < 4.78 is 5.96. The molecule has 4 rings (SSSR count). The maximum absolute atomic E-state index is 5.96. The van der Waals surface area contributed by atoms with Crippen LogP contribution in [0, 0.1) is 6.92 Å². The molecule has 0 aromatic carbocycles. The normalized spacial score (nSPS) is 28.7. The lowest BCUT2D eigenvalue weighted by Crippen LogP contribution is -2.49. The van der Waals surface area contributed by atoms with E-state index in [4.69, 9.17) is 4.74 Å². The van der Waals surface area contributed by atoms with Crippen LogP contribution in [-0.4, -0.2) is 36.3 Å². The number of aromatic nitrogens is 1. The molecule has 2 aliphatic carbocycles. The smallest absolute Gasteiger partial charge is 0.0779 e. The molecule has 114 valence electrons. The van der Waals surface area contributed by atoms with Gasteiger partial charge < -0.3 is 15.0 Å². The molecule has 1 aromatic heterocycles. The minimum atomic E-state index is 0.441. The summed E-state index contributed by atoms with van der Waals surface area (Å²) >= 11 is 0. The van der Waals surface area contributed by atoms with Crippen molar-refractivity contribution in [2.75, 3.05) is 18.1 Å². The molecule has 21 heavy (non-hydrogen) atoms. The van der Waals surface area contributed by atoms with Crippen molar-refractivity contribution in [3.63, 3.8) is 0 Å². The summed E-state index contributed by atoms with van der Waals surface area (Å²) in [6.45, 7) is 4.91. The molecule has 4 nitrogen and oxygen atoms in total. The van der Waals surface area contributed by atoms with Gasteiger partial charge in [-0.1, -0.05) is 0 Å². The summed E-state index contributed by atoms with van der Waals surface area (Å²) in [5.41, 5.74) is 3.84. The van der Waals surface area contributed by atoms with Crippen LogP contribution in [0.2, 0.25) is 0 Å². The first-order chi connectivity index (χ1) is 10.3. The lowest BCUT2D eigenvalue weighted by Gasteiger charge is -2.40. The Morgan fingerprint density at radius 3 is 3.10 bits per heavy atom. The van der Waals surface area contributed by atoms with E-state index in [0.29, 0.717) is 12.1 Å². The quantitative estimate of drug-likeness (QED) is 0.923. The SMILES string of the molecule is Cc1cc(N2CCOC3CCCC32)c(CNC2CC2)cn1. The van der Waals surface area contributed by atoms with Crippen molar-refractivity contribution >= 4 is 5.69 Å². The Balaban J connectivity index is 1.60. The number of hydrogen-bond donors (Lipinski definition) is 1. The van der Waals surface area contributed by atoms with Crippen LogP contribution in [0.5, 0.6) is 0 Å². The van der Waals surface area contributed by atoms with Gasteiger partial charge in [0, 0.05) is 42.3 Å². The van der Waals surface area contributed by atoms with Gasteiger partial charge in [0.15, 0.2) is 0 Å². The summed E-state index contributed by atoms with van der Waals surface area (Å²) in [7, 11) is 0. The summed E-state index contributed by atoms with van der Waals surface area (Å²) in [5, 5.41) is 3.63. The summed E-state index contributed by atoms with van der Waals surface area (Å²) in [6, 6.07) is 3.58. The second-order valence-corrected chi connectivity index (χ2v) is 6.71. The molecular formula is C17H25N3O.